The van der Waals surface area contributed by atoms with Crippen LogP contribution in [-0.2, 0) is 14.3 Å². The van der Waals surface area contributed by atoms with Crippen molar-refractivity contribution < 1.29 is 33.6 Å². The van der Waals surface area contributed by atoms with Gasteiger partial charge >= 0.3 is 11.6 Å². The molecule has 0 saturated carbocycles. The average molecular weight is 515 g/mol. The molecule has 3 aromatic heterocycles. The lowest BCUT2D eigenvalue weighted by atomic mass is 10.0. The van der Waals surface area contributed by atoms with Crippen molar-refractivity contribution in [3.05, 3.63) is 47.2 Å². The van der Waals surface area contributed by atoms with Gasteiger partial charge < -0.3 is 28.8 Å². The zero-order valence-corrected chi connectivity index (χ0v) is 20.0. The highest BCUT2D eigenvalue weighted by Gasteiger charge is 2.46. The SMILES string of the molecule is COc1cccc2cc(Sc3nc4cncnc4n3[C@@H]3O[C@H](COC(C)=O)[C@@H](O)[C@H]3CO)c(=O)oc12. The van der Waals surface area contributed by atoms with Crippen LogP contribution in [0.4, 0.5) is 0 Å². The van der Waals surface area contributed by atoms with E-state index in [2.05, 4.69) is 15.0 Å². The standard InChI is InChI=1S/C23H22N4O8S/c1-11(29)33-9-16-18(30)13(8-28)21(34-16)27-20-14(7-24-10-25-20)26-23(27)36-17-6-12-4-3-5-15(32-2)19(12)35-22(17)31/h3-7,10,13,16,18,21,28,30H,8-9H2,1-2H3/t13-,16-,18+,21-/m1/s1. The van der Waals surface area contributed by atoms with Crippen LogP contribution < -0.4 is 10.4 Å². The Hall–Kier alpha value is -3.52. The van der Waals surface area contributed by atoms with Crippen LogP contribution >= 0.6 is 11.8 Å². The molecule has 1 aliphatic rings. The predicted molar refractivity (Wildman–Crippen MR) is 126 cm³/mol. The third-order valence-electron chi connectivity index (χ3n) is 5.85. The van der Waals surface area contributed by atoms with E-state index in [1.807, 2.05) is 0 Å². The molecule has 0 aliphatic carbocycles. The van der Waals surface area contributed by atoms with Crippen LogP contribution in [0.1, 0.15) is 13.2 Å². The van der Waals surface area contributed by atoms with Gasteiger partial charge in [-0.05, 0) is 23.9 Å². The summed E-state index contributed by atoms with van der Waals surface area (Å²) in [4.78, 5) is 37.3. The number of aromatic nitrogens is 4. The van der Waals surface area contributed by atoms with E-state index in [0.717, 1.165) is 11.8 Å². The summed E-state index contributed by atoms with van der Waals surface area (Å²) < 4.78 is 23.5. The smallest absolute Gasteiger partial charge is 0.350 e. The Morgan fingerprint density at radius 1 is 1.33 bits per heavy atom. The lowest BCUT2D eigenvalue weighted by Gasteiger charge is -2.21. The molecule has 36 heavy (non-hydrogen) atoms. The fourth-order valence-electron chi connectivity index (χ4n) is 4.15. The van der Waals surface area contributed by atoms with E-state index in [-0.39, 0.29) is 11.5 Å². The molecular weight excluding hydrogens is 492 g/mol. The van der Waals surface area contributed by atoms with Crippen LogP contribution in [0.25, 0.3) is 22.1 Å². The summed E-state index contributed by atoms with van der Waals surface area (Å²) in [6.45, 7) is 0.640. The maximum atomic E-state index is 12.9. The number of aliphatic hydroxyl groups is 2. The van der Waals surface area contributed by atoms with E-state index in [1.54, 1.807) is 28.8 Å². The molecule has 0 amide bonds. The molecule has 188 valence electrons. The fraction of sp³-hybridized carbons (Fsp3) is 0.348. The zero-order valence-electron chi connectivity index (χ0n) is 19.2. The van der Waals surface area contributed by atoms with Gasteiger partial charge in [-0.25, -0.2) is 19.7 Å². The molecule has 0 bridgehead atoms. The summed E-state index contributed by atoms with van der Waals surface area (Å²) >= 11 is 1.02. The molecule has 12 nitrogen and oxygen atoms in total. The summed E-state index contributed by atoms with van der Waals surface area (Å²) in [5.41, 5.74) is 0.526. The van der Waals surface area contributed by atoms with Gasteiger partial charge in [0.2, 0.25) is 0 Å². The first-order valence-corrected chi connectivity index (χ1v) is 11.8. The number of benzene rings is 1. The largest absolute Gasteiger partial charge is 0.493 e. The number of fused-ring (bicyclic) bond motifs is 2. The second kappa shape index (κ2) is 9.85. The molecule has 4 heterocycles. The third-order valence-corrected chi connectivity index (χ3v) is 6.83. The van der Waals surface area contributed by atoms with E-state index < -0.39 is 42.6 Å². The van der Waals surface area contributed by atoms with E-state index in [4.69, 9.17) is 18.6 Å². The lowest BCUT2D eigenvalue weighted by molar-refractivity contribution is -0.147. The van der Waals surface area contributed by atoms with Crippen molar-refractivity contribution >= 4 is 39.9 Å². The third kappa shape index (κ3) is 4.30. The van der Waals surface area contributed by atoms with Crippen LogP contribution in [0, 0.1) is 5.92 Å². The van der Waals surface area contributed by atoms with Crippen molar-refractivity contribution in [3.8, 4) is 5.75 Å². The second-order valence-corrected chi connectivity index (χ2v) is 9.09. The summed E-state index contributed by atoms with van der Waals surface area (Å²) in [7, 11) is 1.49. The number of rotatable bonds is 7. The molecule has 4 atom stereocenters. The Kier molecular flexibility index (Phi) is 6.62. The minimum Gasteiger partial charge on any atom is -0.493 e. The molecule has 0 spiro atoms. The van der Waals surface area contributed by atoms with Crippen molar-refractivity contribution in [1.82, 2.24) is 19.5 Å². The number of carbonyl (C=O) groups excluding carboxylic acids is 1. The normalized spacial score (nSPS) is 21.8. The topological polar surface area (TPSA) is 159 Å². The Bertz CT molecular complexity index is 1490. The first-order valence-electron chi connectivity index (χ1n) is 11.0. The van der Waals surface area contributed by atoms with Crippen LogP contribution in [0.2, 0.25) is 0 Å². The summed E-state index contributed by atoms with van der Waals surface area (Å²) in [6.07, 6.45) is -0.0882. The molecule has 2 N–H and O–H groups in total. The van der Waals surface area contributed by atoms with Crippen molar-refractivity contribution in [2.24, 2.45) is 5.92 Å². The van der Waals surface area contributed by atoms with Crippen LogP contribution in [0.15, 0.2) is 56.1 Å². The number of hydrogen-bond donors (Lipinski definition) is 2. The number of ether oxygens (including phenoxy) is 3. The molecule has 1 aromatic carbocycles. The summed E-state index contributed by atoms with van der Waals surface area (Å²) in [5, 5.41) is 21.8. The molecule has 5 rings (SSSR count). The molecule has 1 saturated heterocycles. The number of aliphatic hydroxyl groups excluding tert-OH is 2. The van der Waals surface area contributed by atoms with Crippen molar-refractivity contribution in [3.63, 3.8) is 0 Å². The van der Waals surface area contributed by atoms with Crippen molar-refractivity contribution in [2.45, 2.75) is 35.4 Å². The number of methoxy groups -OCH3 is 1. The Morgan fingerprint density at radius 2 is 2.17 bits per heavy atom. The average Bonchev–Trinajstić information content (AvgIpc) is 3.38. The molecule has 1 aliphatic heterocycles. The van der Waals surface area contributed by atoms with Crippen LogP contribution in [-0.4, -0.2) is 68.2 Å². The van der Waals surface area contributed by atoms with Gasteiger partial charge in [0.25, 0.3) is 0 Å². The second-order valence-electron chi connectivity index (χ2n) is 8.08. The van der Waals surface area contributed by atoms with Gasteiger partial charge in [0.05, 0.1) is 31.9 Å². The Morgan fingerprint density at radius 3 is 2.92 bits per heavy atom. The van der Waals surface area contributed by atoms with Gasteiger partial charge in [-0.1, -0.05) is 12.1 Å². The minimum absolute atomic E-state index is 0.191. The Balaban J connectivity index is 1.58. The molecule has 1 fully saturated rings. The van der Waals surface area contributed by atoms with Gasteiger partial charge in [-0.2, -0.15) is 0 Å². The monoisotopic (exact) mass is 514 g/mol. The van der Waals surface area contributed by atoms with Crippen LogP contribution in [0.3, 0.4) is 0 Å². The molecule has 0 radical (unpaired) electrons. The van der Waals surface area contributed by atoms with E-state index in [9.17, 15) is 19.8 Å². The fourth-order valence-corrected chi connectivity index (χ4v) is 5.09. The van der Waals surface area contributed by atoms with Crippen molar-refractivity contribution in [2.75, 3.05) is 20.3 Å². The maximum absolute atomic E-state index is 12.9. The van der Waals surface area contributed by atoms with Crippen LogP contribution in [0.5, 0.6) is 5.75 Å². The van der Waals surface area contributed by atoms with Crippen molar-refractivity contribution in [1.29, 1.82) is 0 Å². The summed E-state index contributed by atoms with van der Waals surface area (Å²) in [5.74, 6) is -0.873. The minimum atomic E-state index is -1.13. The van der Waals surface area contributed by atoms with E-state index in [0.29, 0.717) is 33.0 Å². The Labute approximate surface area is 207 Å². The predicted octanol–water partition coefficient (Wildman–Crippen LogP) is 1.52. The quantitative estimate of drug-likeness (QED) is 0.271. The van der Waals surface area contributed by atoms with Gasteiger partial charge in [-0.3, -0.25) is 9.36 Å². The highest BCUT2D eigenvalue weighted by Crippen LogP contribution is 2.40. The highest BCUT2D eigenvalue weighted by atomic mass is 32.2. The number of nitrogens with zero attached hydrogens (tertiary/aromatic N) is 4. The number of carbonyl (C=O) groups is 1. The molecule has 0 unspecified atom stereocenters. The first-order chi connectivity index (χ1) is 17.4. The lowest BCUT2D eigenvalue weighted by Crippen LogP contribution is -2.32. The number of para-hydroxylation sites is 1. The number of hydrogen-bond acceptors (Lipinski definition) is 12. The summed E-state index contributed by atoms with van der Waals surface area (Å²) in [6, 6.07) is 6.93. The van der Waals surface area contributed by atoms with Gasteiger partial charge in [0.15, 0.2) is 22.1 Å². The van der Waals surface area contributed by atoms with Gasteiger partial charge in [-0.15, -0.1) is 0 Å². The highest BCUT2D eigenvalue weighted by molar-refractivity contribution is 7.99. The van der Waals surface area contributed by atoms with E-state index >= 15 is 0 Å². The number of esters is 1. The molecule has 4 aromatic rings. The van der Waals surface area contributed by atoms with E-state index in [1.165, 1.54) is 26.6 Å². The molecular formula is C23H22N4O8S. The number of imidazole rings is 1. The van der Waals surface area contributed by atoms with Gasteiger partial charge in [0.1, 0.15) is 35.7 Å². The molecule has 13 heteroatoms. The first kappa shape index (κ1) is 24.2. The maximum Gasteiger partial charge on any atom is 0.350 e. The zero-order chi connectivity index (χ0) is 25.4. The van der Waals surface area contributed by atoms with Gasteiger partial charge in [0, 0.05) is 12.3 Å².